The van der Waals surface area contributed by atoms with Crippen molar-refractivity contribution in [1.82, 2.24) is 0 Å². The van der Waals surface area contributed by atoms with E-state index in [1.54, 1.807) is 12.1 Å². The molecule has 1 unspecified atom stereocenters. The first kappa shape index (κ1) is 16.4. The number of hydrogen-bond acceptors (Lipinski definition) is 3. The predicted molar refractivity (Wildman–Crippen MR) is 93.0 cm³/mol. The zero-order valence-corrected chi connectivity index (χ0v) is 13.6. The van der Waals surface area contributed by atoms with Gasteiger partial charge >= 0.3 is 5.97 Å². The van der Waals surface area contributed by atoms with Gasteiger partial charge in [0, 0.05) is 5.75 Å². The molecule has 3 rings (SSSR count). The van der Waals surface area contributed by atoms with Gasteiger partial charge < -0.3 is 9.66 Å². The van der Waals surface area contributed by atoms with Crippen LogP contribution in [0.3, 0.4) is 0 Å². The second-order valence-corrected chi connectivity index (χ2v) is 6.51. The molecule has 0 saturated heterocycles. The standard InChI is InChI=1S/C19H16O4S/c20-19(21)11-17-8-7-16-6-5-15(10-18(16)17)9-13-1-3-14(4-2-13)12-24(22)23/h1-10H,11-12H2,(H,20,21)(H,22,23)/p-1/b15-9-. The third kappa shape index (κ3) is 3.88. The molecule has 1 aliphatic carbocycles. The SMILES string of the molecule is O=C(O)CC1=CC=c2cc/c(=C/c3ccc(CS(=O)[O-])cc3)cc21. The van der Waals surface area contributed by atoms with Gasteiger partial charge in [-0.3, -0.25) is 9.00 Å². The number of fused-ring (bicyclic) bond motifs is 1. The monoisotopic (exact) mass is 339 g/mol. The molecule has 0 aromatic heterocycles. The molecule has 5 heteroatoms. The molecule has 4 nitrogen and oxygen atoms in total. The predicted octanol–water partition coefficient (Wildman–Crippen LogP) is 1.55. The molecule has 0 saturated carbocycles. The largest absolute Gasteiger partial charge is 0.772 e. The second-order valence-electron chi connectivity index (χ2n) is 5.61. The van der Waals surface area contributed by atoms with Gasteiger partial charge in [-0.2, -0.15) is 0 Å². The summed E-state index contributed by atoms with van der Waals surface area (Å²) in [5.74, 6) is -0.832. The van der Waals surface area contributed by atoms with Gasteiger partial charge in [0.25, 0.3) is 0 Å². The molecular weight excluding hydrogens is 324 g/mol. The second kappa shape index (κ2) is 6.95. The van der Waals surface area contributed by atoms with Crippen molar-refractivity contribution in [2.75, 3.05) is 0 Å². The minimum Gasteiger partial charge on any atom is -0.772 e. The summed E-state index contributed by atoms with van der Waals surface area (Å²) in [4.78, 5) is 10.9. The van der Waals surface area contributed by atoms with E-state index in [4.69, 9.17) is 5.11 Å². The molecule has 0 amide bonds. The Balaban J connectivity index is 1.89. The van der Waals surface area contributed by atoms with Crippen LogP contribution in [0, 0.1) is 0 Å². The number of carboxylic acids is 1. The Morgan fingerprint density at radius 1 is 1.12 bits per heavy atom. The molecule has 0 heterocycles. The van der Waals surface area contributed by atoms with Crippen molar-refractivity contribution in [2.45, 2.75) is 12.2 Å². The maximum Gasteiger partial charge on any atom is 0.307 e. The van der Waals surface area contributed by atoms with Crippen LogP contribution in [0.2, 0.25) is 0 Å². The number of benzene rings is 2. The zero-order valence-electron chi connectivity index (χ0n) is 12.8. The lowest BCUT2D eigenvalue weighted by atomic mass is 10.0. The maximum atomic E-state index is 10.9. The van der Waals surface area contributed by atoms with Crippen LogP contribution in [0.15, 0.2) is 48.5 Å². The van der Waals surface area contributed by atoms with E-state index in [-0.39, 0.29) is 12.2 Å². The summed E-state index contributed by atoms with van der Waals surface area (Å²) in [6, 6.07) is 13.3. The van der Waals surface area contributed by atoms with Gasteiger partial charge in [-0.1, -0.05) is 59.6 Å². The van der Waals surface area contributed by atoms with Crippen molar-refractivity contribution in [3.63, 3.8) is 0 Å². The van der Waals surface area contributed by atoms with Crippen LogP contribution in [0.25, 0.3) is 17.7 Å². The van der Waals surface area contributed by atoms with E-state index in [2.05, 4.69) is 0 Å². The van der Waals surface area contributed by atoms with Crippen LogP contribution in [0.5, 0.6) is 0 Å². The number of hydrogen-bond donors (Lipinski definition) is 1. The van der Waals surface area contributed by atoms with Gasteiger partial charge in [0.1, 0.15) is 0 Å². The minimum absolute atomic E-state index is 0.00792. The summed E-state index contributed by atoms with van der Waals surface area (Å²) in [6.07, 6.45) is 5.76. The zero-order chi connectivity index (χ0) is 17.1. The molecule has 1 N–H and O–H groups in total. The van der Waals surface area contributed by atoms with Crippen LogP contribution in [0.1, 0.15) is 23.1 Å². The van der Waals surface area contributed by atoms with Crippen molar-refractivity contribution in [1.29, 1.82) is 0 Å². The van der Waals surface area contributed by atoms with E-state index in [9.17, 15) is 13.6 Å². The first-order valence-electron chi connectivity index (χ1n) is 7.41. The number of carboxylic acid groups (broad SMARTS) is 1. The van der Waals surface area contributed by atoms with E-state index in [0.29, 0.717) is 0 Å². The van der Waals surface area contributed by atoms with Crippen LogP contribution in [-0.2, 0) is 21.6 Å². The van der Waals surface area contributed by atoms with Crippen molar-refractivity contribution >= 4 is 34.8 Å². The molecule has 1 atom stereocenters. The minimum atomic E-state index is -2.09. The summed E-state index contributed by atoms with van der Waals surface area (Å²) < 4.78 is 21.4. The van der Waals surface area contributed by atoms with Crippen LogP contribution in [-0.4, -0.2) is 19.8 Å². The highest BCUT2D eigenvalue weighted by molar-refractivity contribution is 7.78. The fourth-order valence-corrected chi connectivity index (χ4v) is 3.19. The lowest BCUT2D eigenvalue weighted by Gasteiger charge is -2.05. The first-order valence-corrected chi connectivity index (χ1v) is 8.65. The van der Waals surface area contributed by atoms with E-state index in [1.807, 2.05) is 48.6 Å². The fourth-order valence-electron chi connectivity index (χ4n) is 2.72. The third-order valence-corrected chi connectivity index (χ3v) is 4.40. The molecule has 122 valence electrons. The lowest BCUT2D eigenvalue weighted by Crippen LogP contribution is -2.12. The molecule has 24 heavy (non-hydrogen) atoms. The highest BCUT2D eigenvalue weighted by Gasteiger charge is 2.11. The highest BCUT2D eigenvalue weighted by Crippen LogP contribution is 2.17. The van der Waals surface area contributed by atoms with Crippen molar-refractivity contribution in [3.8, 4) is 0 Å². The smallest absolute Gasteiger partial charge is 0.307 e. The Morgan fingerprint density at radius 3 is 2.54 bits per heavy atom. The molecule has 0 radical (unpaired) electrons. The lowest BCUT2D eigenvalue weighted by molar-refractivity contribution is -0.135. The molecule has 0 aliphatic heterocycles. The maximum absolute atomic E-state index is 10.9. The third-order valence-electron chi connectivity index (χ3n) is 3.83. The Bertz CT molecular complexity index is 956. The van der Waals surface area contributed by atoms with Gasteiger partial charge in [-0.15, -0.1) is 0 Å². The van der Waals surface area contributed by atoms with Gasteiger partial charge in [-0.25, -0.2) is 0 Å². The first-order chi connectivity index (χ1) is 11.5. The summed E-state index contributed by atoms with van der Waals surface area (Å²) >= 11 is -2.09. The number of carbonyl (C=O) groups is 1. The summed E-state index contributed by atoms with van der Waals surface area (Å²) in [7, 11) is 0. The molecule has 0 fully saturated rings. The normalized spacial score (nSPS) is 14.7. The van der Waals surface area contributed by atoms with E-state index in [1.165, 1.54) is 0 Å². The number of allylic oxidation sites excluding steroid dienone is 1. The van der Waals surface area contributed by atoms with Gasteiger partial charge in [0.05, 0.1) is 6.42 Å². The van der Waals surface area contributed by atoms with Crippen molar-refractivity contribution in [2.24, 2.45) is 0 Å². The summed E-state index contributed by atoms with van der Waals surface area (Å²) in [5, 5.41) is 11.0. The van der Waals surface area contributed by atoms with Crippen LogP contribution >= 0.6 is 0 Å². The van der Waals surface area contributed by atoms with E-state index >= 15 is 0 Å². The Labute approximate surface area is 141 Å². The van der Waals surface area contributed by atoms with E-state index in [0.717, 1.165) is 32.7 Å². The number of rotatable bonds is 5. The average molecular weight is 339 g/mol. The van der Waals surface area contributed by atoms with Gasteiger partial charge in [-0.05, 0) is 44.8 Å². The van der Waals surface area contributed by atoms with Gasteiger partial charge in [0.15, 0.2) is 0 Å². The Morgan fingerprint density at radius 2 is 1.88 bits per heavy atom. The summed E-state index contributed by atoms with van der Waals surface area (Å²) in [6.45, 7) is 0. The molecular formula is C19H15O4S-. The quantitative estimate of drug-likeness (QED) is 0.839. The molecule has 1 aliphatic rings. The Hall–Kier alpha value is -2.50. The van der Waals surface area contributed by atoms with Crippen molar-refractivity contribution < 1.29 is 18.7 Å². The van der Waals surface area contributed by atoms with Crippen LogP contribution < -0.4 is 10.4 Å². The Kier molecular flexibility index (Phi) is 4.74. The fraction of sp³-hybridized carbons (Fsp3) is 0.105. The highest BCUT2D eigenvalue weighted by atomic mass is 32.2. The molecule has 0 spiro atoms. The molecule has 2 aromatic rings. The van der Waals surface area contributed by atoms with Crippen LogP contribution in [0.4, 0.5) is 0 Å². The molecule has 2 aromatic carbocycles. The number of aliphatic carboxylic acids is 1. The van der Waals surface area contributed by atoms with Gasteiger partial charge in [0.2, 0.25) is 0 Å². The topological polar surface area (TPSA) is 77.4 Å². The average Bonchev–Trinajstić information content (AvgIpc) is 2.91. The molecule has 0 bridgehead atoms. The summed E-state index contributed by atoms with van der Waals surface area (Å²) in [5.41, 5.74) is 3.46. The van der Waals surface area contributed by atoms with Crippen molar-refractivity contribution in [3.05, 3.63) is 75.7 Å². The van der Waals surface area contributed by atoms with E-state index < -0.39 is 17.0 Å².